The van der Waals surface area contributed by atoms with Crippen LogP contribution in [0.5, 0.6) is 0 Å². The van der Waals surface area contributed by atoms with Crippen LogP contribution in [0, 0.1) is 13.8 Å². The molecular weight excluding hydrogens is 300 g/mol. The van der Waals surface area contributed by atoms with Crippen LogP contribution in [0.3, 0.4) is 0 Å². The van der Waals surface area contributed by atoms with Gasteiger partial charge in [0, 0.05) is 19.3 Å². The summed E-state index contributed by atoms with van der Waals surface area (Å²) in [7, 11) is 1.98. The monoisotopic (exact) mass is 320 g/mol. The molecule has 0 bridgehead atoms. The number of nitrogens with zero attached hydrogens (tertiary/aromatic N) is 1. The van der Waals surface area contributed by atoms with Crippen molar-refractivity contribution >= 4 is 23.3 Å². The van der Waals surface area contributed by atoms with E-state index in [2.05, 4.69) is 9.88 Å². The van der Waals surface area contributed by atoms with E-state index in [1.165, 1.54) is 0 Å². The summed E-state index contributed by atoms with van der Waals surface area (Å²) in [4.78, 5) is 17.2. The van der Waals surface area contributed by atoms with Crippen LogP contribution in [-0.2, 0) is 11.3 Å². The molecule has 0 radical (unpaired) electrons. The van der Waals surface area contributed by atoms with Gasteiger partial charge in [-0.05, 0) is 44.0 Å². The number of halogens is 1. The summed E-state index contributed by atoms with van der Waals surface area (Å²) in [5, 5.41) is 0.710. The first-order valence-corrected chi connectivity index (χ1v) is 7.64. The van der Waals surface area contributed by atoms with Crippen molar-refractivity contribution in [1.82, 2.24) is 4.98 Å². The van der Waals surface area contributed by atoms with Crippen molar-refractivity contribution in [3.05, 3.63) is 51.8 Å². The first-order chi connectivity index (χ1) is 10.5. The van der Waals surface area contributed by atoms with Gasteiger partial charge in [-0.15, -0.1) is 0 Å². The quantitative estimate of drug-likeness (QED) is 0.844. The molecule has 0 saturated carbocycles. The number of ether oxygens (including phenoxy) is 1. The fourth-order valence-corrected chi connectivity index (χ4v) is 2.80. The summed E-state index contributed by atoms with van der Waals surface area (Å²) in [5.41, 5.74) is 4.48. The molecule has 0 amide bonds. The number of hydrogen-bond donors (Lipinski definition) is 1. The fraction of sp³-hybridized carbons (Fsp3) is 0.353. The summed E-state index contributed by atoms with van der Waals surface area (Å²) in [5.74, 6) is -0.310. The number of hydrogen-bond acceptors (Lipinski definition) is 3. The van der Waals surface area contributed by atoms with Crippen molar-refractivity contribution in [2.75, 3.05) is 18.6 Å². The Bertz CT molecular complexity index is 679. The van der Waals surface area contributed by atoms with E-state index < -0.39 is 0 Å². The Labute approximate surface area is 136 Å². The third-order valence-electron chi connectivity index (χ3n) is 3.73. The van der Waals surface area contributed by atoms with E-state index in [9.17, 15) is 4.79 Å². The number of esters is 1. The third kappa shape index (κ3) is 3.28. The number of carbonyl (C=O) groups is 1. The first-order valence-electron chi connectivity index (χ1n) is 7.26. The number of nitrogens with one attached hydrogen (secondary N) is 1. The molecule has 1 aromatic heterocycles. The summed E-state index contributed by atoms with van der Waals surface area (Å²) in [6.45, 7) is 6.73. The van der Waals surface area contributed by atoms with Gasteiger partial charge in [0.25, 0.3) is 0 Å². The maximum absolute atomic E-state index is 12.0. The number of aromatic nitrogens is 1. The topological polar surface area (TPSA) is 45.3 Å². The van der Waals surface area contributed by atoms with Crippen molar-refractivity contribution in [2.24, 2.45) is 0 Å². The lowest BCUT2D eigenvalue weighted by Crippen LogP contribution is -2.17. The van der Waals surface area contributed by atoms with Crippen molar-refractivity contribution in [3.8, 4) is 0 Å². The minimum absolute atomic E-state index is 0.310. The number of rotatable bonds is 5. The lowest BCUT2D eigenvalue weighted by molar-refractivity contribution is 0.0519. The molecule has 118 valence electrons. The highest BCUT2D eigenvalue weighted by Gasteiger charge is 2.19. The van der Waals surface area contributed by atoms with Crippen LogP contribution in [0.1, 0.15) is 34.2 Å². The van der Waals surface area contributed by atoms with Gasteiger partial charge in [-0.2, -0.15) is 0 Å². The molecule has 1 aromatic carbocycles. The first kappa shape index (κ1) is 16.4. The molecule has 4 nitrogen and oxygen atoms in total. The molecule has 0 spiro atoms. The van der Waals surface area contributed by atoms with E-state index in [4.69, 9.17) is 16.3 Å². The third-order valence-corrected chi connectivity index (χ3v) is 4.05. The van der Waals surface area contributed by atoms with Crippen LogP contribution in [-0.4, -0.2) is 24.6 Å². The van der Waals surface area contributed by atoms with Crippen molar-refractivity contribution in [3.63, 3.8) is 0 Å². The minimum Gasteiger partial charge on any atom is -0.461 e. The SMILES string of the molecule is CCOC(=O)c1[nH]c(C)c(CN(C)c2ccccc2Cl)c1C. The highest BCUT2D eigenvalue weighted by Crippen LogP contribution is 2.27. The van der Waals surface area contributed by atoms with E-state index >= 15 is 0 Å². The number of carbonyl (C=O) groups excluding carboxylic acids is 1. The minimum atomic E-state index is -0.310. The second-order valence-electron chi connectivity index (χ2n) is 5.26. The van der Waals surface area contributed by atoms with E-state index in [0.717, 1.165) is 22.5 Å². The molecule has 0 unspecified atom stereocenters. The number of aryl methyl sites for hydroxylation is 1. The lowest BCUT2D eigenvalue weighted by Gasteiger charge is -2.21. The van der Waals surface area contributed by atoms with Gasteiger partial charge in [-0.3, -0.25) is 0 Å². The summed E-state index contributed by atoms with van der Waals surface area (Å²) in [6, 6.07) is 7.71. The van der Waals surface area contributed by atoms with Crippen molar-refractivity contribution in [2.45, 2.75) is 27.3 Å². The largest absolute Gasteiger partial charge is 0.461 e. The zero-order valence-electron chi connectivity index (χ0n) is 13.4. The van der Waals surface area contributed by atoms with Crippen LogP contribution >= 0.6 is 11.6 Å². The summed E-state index contributed by atoms with van der Waals surface area (Å²) < 4.78 is 5.08. The average molecular weight is 321 g/mol. The fourth-order valence-electron chi connectivity index (χ4n) is 2.52. The van der Waals surface area contributed by atoms with E-state index in [1.54, 1.807) is 6.92 Å². The molecule has 2 rings (SSSR count). The Kier molecular flexibility index (Phi) is 5.14. The van der Waals surface area contributed by atoms with Gasteiger partial charge in [-0.1, -0.05) is 23.7 Å². The van der Waals surface area contributed by atoms with Crippen LogP contribution in [0.15, 0.2) is 24.3 Å². The van der Waals surface area contributed by atoms with E-state index in [0.29, 0.717) is 23.9 Å². The van der Waals surface area contributed by atoms with Gasteiger partial charge in [-0.25, -0.2) is 4.79 Å². The number of H-pyrrole nitrogens is 1. The van der Waals surface area contributed by atoms with E-state index in [-0.39, 0.29) is 5.97 Å². The predicted octanol–water partition coefficient (Wildman–Crippen LogP) is 4.10. The Hall–Kier alpha value is -1.94. The average Bonchev–Trinajstić information content (AvgIpc) is 2.76. The molecular formula is C17H21ClN2O2. The molecule has 5 heteroatoms. The Morgan fingerprint density at radius 3 is 2.64 bits per heavy atom. The lowest BCUT2D eigenvalue weighted by atomic mass is 10.1. The highest BCUT2D eigenvalue weighted by atomic mass is 35.5. The van der Waals surface area contributed by atoms with Gasteiger partial charge in [0.05, 0.1) is 17.3 Å². The van der Waals surface area contributed by atoms with Crippen LogP contribution in [0.2, 0.25) is 5.02 Å². The standard InChI is InChI=1S/C17H21ClN2O2/c1-5-22-17(21)16-11(2)13(12(3)19-16)10-20(4)15-9-7-6-8-14(15)18/h6-9,19H,5,10H2,1-4H3. The van der Waals surface area contributed by atoms with Crippen LogP contribution in [0.25, 0.3) is 0 Å². The Balaban J connectivity index is 2.27. The summed E-state index contributed by atoms with van der Waals surface area (Å²) in [6.07, 6.45) is 0. The smallest absolute Gasteiger partial charge is 0.355 e. The molecule has 0 aliphatic rings. The van der Waals surface area contributed by atoms with Crippen molar-refractivity contribution in [1.29, 1.82) is 0 Å². The van der Waals surface area contributed by atoms with Gasteiger partial charge in [0.15, 0.2) is 0 Å². The van der Waals surface area contributed by atoms with Gasteiger partial charge in [0.1, 0.15) is 5.69 Å². The van der Waals surface area contributed by atoms with Gasteiger partial charge in [0.2, 0.25) is 0 Å². The highest BCUT2D eigenvalue weighted by molar-refractivity contribution is 6.33. The van der Waals surface area contributed by atoms with Crippen LogP contribution < -0.4 is 4.90 Å². The molecule has 0 saturated heterocycles. The Morgan fingerprint density at radius 1 is 1.32 bits per heavy atom. The maximum Gasteiger partial charge on any atom is 0.355 e. The molecule has 0 atom stereocenters. The molecule has 22 heavy (non-hydrogen) atoms. The van der Waals surface area contributed by atoms with Crippen molar-refractivity contribution < 1.29 is 9.53 Å². The second kappa shape index (κ2) is 6.88. The van der Waals surface area contributed by atoms with Crippen LogP contribution in [0.4, 0.5) is 5.69 Å². The molecule has 2 aromatic rings. The maximum atomic E-state index is 12.0. The predicted molar refractivity (Wildman–Crippen MR) is 89.8 cm³/mol. The van der Waals surface area contributed by atoms with E-state index in [1.807, 2.05) is 45.2 Å². The molecule has 1 heterocycles. The second-order valence-corrected chi connectivity index (χ2v) is 5.66. The number of benzene rings is 1. The van der Waals surface area contributed by atoms with Gasteiger partial charge >= 0.3 is 5.97 Å². The van der Waals surface area contributed by atoms with Gasteiger partial charge < -0.3 is 14.6 Å². The number of aromatic amines is 1. The summed E-state index contributed by atoms with van der Waals surface area (Å²) >= 11 is 6.24. The molecule has 0 aliphatic carbocycles. The number of para-hydroxylation sites is 1. The molecule has 1 N–H and O–H groups in total. The molecule has 0 fully saturated rings. The normalized spacial score (nSPS) is 10.6. The Morgan fingerprint density at radius 2 is 2.00 bits per heavy atom. The molecule has 0 aliphatic heterocycles. The zero-order chi connectivity index (χ0) is 16.3. The number of anilines is 1. The zero-order valence-corrected chi connectivity index (χ0v) is 14.1.